The lowest BCUT2D eigenvalue weighted by Gasteiger charge is -2.21. The van der Waals surface area contributed by atoms with Crippen molar-refractivity contribution in [3.63, 3.8) is 0 Å². The van der Waals surface area contributed by atoms with Crippen LogP contribution in [-0.4, -0.2) is 19.6 Å². The van der Waals surface area contributed by atoms with Crippen LogP contribution in [0.25, 0.3) is 16.6 Å². The quantitative estimate of drug-likeness (QED) is 0.314. The second-order valence-corrected chi connectivity index (χ2v) is 10.3. The molecule has 0 spiro atoms. The number of carbonyl (C=O) groups is 1. The number of carbonyl (C=O) groups excluding carboxylic acids is 1. The van der Waals surface area contributed by atoms with Crippen LogP contribution in [0, 0.1) is 16.3 Å². The SMILES string of the molecule is C.CC(=O)Nc1cccc(-n2c(=O)n(C3CC3)c(=O)c3c(Nc4ccc(I)cc4F)n(C)c(=O)c(C)c32)c1. The number of hydrogen-bond acceptors (Lipinski definition) is 5. The first-order valence-corrected chi connectivity index (χ1v) is 12.7. The Balaban J connectivity index is 0.00000336. The molecular weight excluding hydrogens is 604 g/mol. The Kier molecular flexibility index (Phi) is 7.33. The van der Waals surface area contributed by atoms with Gasteiger partial charge in [-0.1, -0.05) is 13.5 Å². The molecule has 0 radical (unpaired) electrons. The monoisotopic (exact) mass is 631 g/mol. The van der Waals surface area contributed by atoms with Gasteiger partial charge in [0.2, 0.25) is 5.91 Å². The highest BCUT2D eigenvalue weighted by Gasteiger charge is 2.31. The van der Waals surface area contributed by atoms with Crippen molar-refractivity contribution in [2.75, 3.05) is 10.6 Å². The van der Waals surface area contributed by atoms with Crippen LogP contribution < -0.4 is 27.4 Å². The van der Waals surface area contributed by atoms with Crippen LogP contribution in [0.5, 0.6) is 0 Å². The number of hydrogen-bond donors (Lipinski definition) is 2. The number of nitrogens with one attached hydrogen (secondary N) is 2. The van der Waals surface area contributed by atoms with Crippen molar-refractivity contribution in [1.29, 1.82) is 0 Å². The summed E-state index contributed by atoms with van der Waals surface area (Å²) >= 11 is 1.99. The van der Waals surface area contributed by atoms with E-state index >= 15 is 0 Å². The van der Waals surface area contributed by atoms with Crippen LogP contribution in [0.4, 0.5) is 21.6 Å². The Hall–Kier alpha value is -3.74. The molecule has 0 saturated heterocycles. The van der Waals surface area contributed by atoms with Crippen LogP contribution in [0.3, 0.4) is 0 Å². The van der Waals surface area contributed by atoms with Crippen molar-refractivity contribution in [2.45, 2.75) is 40.2 Å². The molecule has 1 aliphatic rings. The molecule has 1 saturated carbocycles. The van der Waals surface area contributed by atoms with Crippen LogP contribution in [0.1, 0.15) is 38.8 Å². The van der Waals surface area contributed by atoms with Crippen molar-refractivity contribution < 1.29 is 9.18 Å². The highest BCUT2D eigenvalue weighted by atomic mass is 127. The van der Waals surface area contributed by atoms with Crippen LogP contribution in [0.2, 0.25) is 0 Å². The lowest BCUT2D eigenvalue weighted by atomic mass is 10.1. The first-order valence-electron chi connectivity index (χ1n) is 11.6. The van der Waals surface area contributed by atoms with Crippen molar-refractivity contribution in [3.05, 3.63) is 88.6 Å². The standard InChI is InChI=1S/C26H23FIN5O4.CH4/c1-13-22-21(23(31(3)24(13)35)30-20-10-7-15(28)11-19(20)27)25(36)33(17-8-9-17)26(37)32(22)18-6-4-5-16(12-18)29-14(2)34;/h4-7,10-12,17,30H,8-9H2,1-3H3,(H,29,34);1H4. The third-order valence-electron chi connectivity index (χ3n) is 6.36. The fourth-order valence-corrected chi connectivity index (χ4v) is 4.95. The van der Waals surface area contributed by atoms with Crippen molar-refractivity contribution in [3.8, 4) is 5.69 Å². The summed E-state index contributed by atoms with van der Waals surface area (Å²) < 4.78 is 19.3. The largest absolute Gasteiger partial charge is 0.338 e. The molecule has 2 N–H and O–H groups in total. The van der Waals surface area contributed by atoms with Gasteiger partial charge in [0.25, 0.3) is 11.1 Å². The molecule has 11 heteroatoms. The van der Waals surface area contributed by atoms with Gasteiger partial charge in [0.15, 0.2) is 0 Å². The van der Waals surface area contributed by atoms with E-state index in [1.54, 1.807) is 37.3 Å². The zero-order valence-electron chi connectivity index (χ0n) is 20.3. The molecule has 0 atom stereocenters. The van der Waals surface area contributed by atoms with Gasteiger partial charge in [-0.05, 0) is 78.8 Å². The van der Waals surface area contributed by atoms with E-state index in [4.69, 9.17) is 0 Å². The fraction of sp³-hybridized carbons (Fsp3) is 0.259. The van der Waals surface area contributed by atoms with Crippen LogP contribution in [-0.2, 0) is 11.8 Å². The second kappa shape index (κ2) is 10.2. The molecule has 2 aromatic heterocycles. The van der Waals surface area contributed by atoms with Crippen LogP contribution in [0.15, 0.2) is 56.8 Å². The minimum Gasteiger partial charge on any atom is -0.338 e. The van der Waals surface area contributed by atoms with Gasteiger partial charge in [-0.25, -0.2) is 9.18 Å². The summed E-state index contributed by atoms with van der Waals surface area (Å²) in [6.07, 6.45) is 1.34. The van der Waals surface area contributed by atoms with Gasteiger partial charge in [-0.3, -0.25) is 28.1 Å². The molecule has 4 aromatic rings. The zero-order chi connectivity index (χ0) is 26.6. The molecule has 0 bridgehead atoms. The molecule has 38 heavy (non-hydrogen) atoms. The summed E-state index contributed by atoms with van der Waals surface area (Å²) in [5.74, 6) is -0.753. The molecule has 1 amide bonds. The van der Waals surface area contributed by atoms with Crippen molar-refractivity contribution in [1.82, 2.24) is 13.7 Å². The molecule has 198 valence electrons. The second-order valence-electron chi connectivity index (χ2n) is 9.07. The maximum atomic E-state index is 14.8. The number of halogens is 2. The zero-order valence-corrected chi connectivity index (χ0v) is 22.4. The van der Waals surface area contributed by atoms with E-state index in [2.05, 4.69) is 10.6 Å². The van der Waals surface area contributed by atoms with Gasteiger partial charge in [0, 0.05) is 34.8 Å². The topological polar surface area (TPSA) is 107 Å². The number of amides is 1. The number of aryl methyl sites for hydroxylation is 1. The Morgan fingerprint density at radius 2 is 1.79 bits per heavy atom. The summed E-state index contributed by atoms with van der Waals surface area (Å²) in [5, 5.41) is 5.72. The van der Waals surface area contributed by atoms with Gasteiger partial charge < -0.3 is 10.6 Å². The maximum Gasteiger partial charge on any atom is 0.336 e. The summed E-state index contributed by atoms with van der Waals surface area (Å²) in [6.45, 7) is 2.92. The summed E-state index contributed by atoms with van der Waals surface area (Å²) in [6, 6.07) is 10.9. The average molecular weight is 631 g/mol. The first kappa shape index (κ1) is 27.3. The Labute approximate surface area is 231 Å². The molecule has 1 aliphatic carbocycles. The summed E-state index contributed by atoms with van der Waals surface area (Å²) in [5.41, 5.74) is -0.351. The highest BCUT2D eigenvalue weighted by molar-refractivity contribution is 14.1. The average Bonchev–Trinajstić information content (AvgIpc) is 3.67. The van der Waals surface area contributed by atoms with E-state index in [9.17, 15) is 23.6 Å². The fourth-order valence-electron chi connectivity index (χ4n) is 4.50. The number of nitrogens with zero attached hydrogens (tertiary/aromatic N) is 3. The molecular formula is C27H27FIN5O4. The number of aromatic nitrogens is 3. The van der Waals surface area contributed by atoms with E-state index in [0.29, 0.717) is 27.8 Å². The Morgan fingerprint density at radius 3 is 2.42 bits per heavy atom. The Morgan fingerprint density at radius 1 is 1.08 bits per heavy atom. The highest BCUT2D eigenvalue weighted by Crippen LogP contribution is 2.34. The van der Waals surface area contributed by atoms with E-state index in [-0.39, 0.29) is 47.3 Å². The van der Waals surface area contributed by atoms with Gasteiger partial charge in [-0.2, -0.15) is 0 Å². The summed E-state index contributed by atoms with van der Waals surface area (Å²) in [4.78, 5) is 52.6. The lowest BCUT2D eigenvalue weighted by molar-refractivity contribution is -0.114. The minimum absolute atomic E-state index is 0. The molecule has 2 heterocycles. The molecule has 0 aliphatic heterocycles. The number of rotatable bonds is 5. The number of fused-ring (bicyclic) bond motifs is 1. The van der Waals surface area contributed by atoms with Crippen LogP contribution >= 0.6 is 22.6 Å². The van der Waals surface area contributed by atoms with Crippen molar-refractivity contribution >= 4 is 56.6 Å². The van der Waals surface area contributed by atoms with Gasteiger partial charge in [0.1, 0.15) is 17.0 Å². The molecule has 2 aromatic carbocycles. The van der Waals surface area contributed by atoms with E-state index in [1.807, 2.05) is 22.6 Å². The van der Waals surface area contributed by atoms with Crippen molar-refractivity contribution in [2.24, 2.45) is 7.05 Å². The number of pyridine rings is 1. The predicted molar refractivity (Wildman–Crippen MR) is 155 cm³/mol. The predicted octanol–water partition coefficient (Wildman–Crippen LogP) is 4.58. The van der Waals surface area contributed by atoms with Gasteiger partial charge in [-0.15, -0.1) is 0 Å². The minimum atomic E-state index is -0.581. The molecule has 1 fully saturated rings. The lowest BCUT2D eigenvalue weighted by Crippen LogP contribution is -2.41. The summed E-state index contributed by atoms with van der Waals surface area (Å²) in [7, 11) is 1.50. The molecule has 0 unspecified atom stereocenters. The van der Waals surface area contributed by atoms with E-state index in [1.165, 1.54) is 39.8 Å². The molecule has 5 rings (SSSR count). The Bertz CT molecular complexity index is 1790. The normalized spacial score (nSPS) is 12.8. The smallest absolute Gasteiger partial charge is 0.336 e. The van der Waals surface area contributed by atoms with E-state index < -0.39 is 22.6 Å². The third-order valence-corrected chi connectivity index (χ3v) is 7.04. The van der Waals surface area contributed by atoms with Gasteiger partial charge in [0.05, 0.1) is 16.9 Å². The third kappa shape index (κ3) is 4.66. The maximum absolute atomic E-state index is 14.8. The number of benzene rings is 2. The van der Waals surface area contributed by atoms with E-state index in [0.717, 1.165) is 0 Å². The number of anilines is 3. The van der Waals surface area contributed by atoms with Gasteiger partial charge >= 0.3 is 5.69 Å². The first-order chi connectivity index (χ1) is 17.6. The molecule has 9 nitrogen and oxygen atoms in total.